The topological polar surface area (TPSA) is 84.7 Å². The number of anilines is 1. The highest BCUT2D eigenvalue weighted by Gasteiger charge is 2.18. The highest BCUT2D eigenvalue weighted by molar-refractivity contribution is 6.30. The second-order valence-electron chi connectivity index (χ2n) is 7.28. The molecule has 0 aliphatic carbocycles. The van der Waals surface area contributed by atoms with E-state index in [2.05, 4.69) is 10.3 Å². The van der Waals surface area contributed by atoms with E-state index in [9.17, 15) is 9.59 Å². The quantitative estimate of drug-likeness (QED) is 0.597. The number of hydrogen-bond donors (Lipinski definition) is 1. The molecular weight excluding hydrogens is 418 g/mol. The summed E-state index contributed by atoms with van der Waals surface area (Å²) in [6.07, 6.45) is 3.61. The minimum Gasteiger partial charge on any atom is -0.484 e. The number of amides is 2. The molecule has 8 heteroatoms. The van der Waals surface area contributed by atoms with E-state index in [0.29, 0.717) is 28.0 Å². The predicted molar refractivity (Wildman–Crippen MR) is 117 cm³/mol. The smallest absolute Gasteiger partial charge is 0.260 e. The van der Waals surface area contributed by atoms with E-state index < -0.39 is 0 Å². The summed E-state index contributed by atoms with van der Waals surface area (Å²) in [5.41, 5.74) is 1.88. The second kappa shape index (κ2) is 9.66. The lowest BCUT2D eigenvalue weighted by Crippen LogP contribution is -2.32. The Morgan fingerprint density at radius 2 is 1.90 bits per heavy atom. The maximum Gasteiger partial charge on any atom is 0.260 e. The van der Waals surface area contributed by atoms with Crippen LogP contribution in [-0.4, -0.2) is 41.4 Å². The Labute approximate surface area is 185 Å². The first-order chi connectivity index (χ1) is 15.1. The summed E-state index contributed by atoms with van der Waals surface area (Å²) in [6.45, 7) is 1.57. The number of hydrogen-bond acceptors (Lipinski definition) is 5. The number of rotatable bonds is 7. The van der Waals surface area contributed by atoms with Crippen LogP contribution in [0.2, 0.25) is 5.02 Å². The van der Waals surface area contributed by atoms with Crippen LogP contribution in [0.15, 0.2) is 59.2 Å². The van der Waals surface area contributed by atoms with E-state index in [4.69, 9.17) is 20.8 Å². The highest BCUT2D eigenvalue weighted by atomic mass is 35.5. The molecule has 31 heavy (non-hydrogen) atoms. The summed E-state index contributed by atoms with van der Waals surface area (Å²) in [5.74, 6) is 0.699. The fourth-order valence-corrected chi connectivity index (χ4v) is 3.48. The van der Waals surface area contributed by atoms with Gasteiger partial charge in [0.25, 0.3) is 5.91 Å². The van der Waals surface area contributed by atoms with Crippen molar-refractivity contribution in [3.63, 3.8) is 0 Å². The number of halogens is 1. The standard InChI is InChI=1S/C23H22ClN3O4/c24-17-8-6-16(7-9-17)23-26-19(14-31-23)13-21(28)25-18-4-3-5-20(12-18)30-15-22(29)27-10-1-2-11-27/h3-9,12,14H,1-2,10-11,13,15H2,(H,25,28). The number of likely N-dealkylation sites (tertiary alicyclic amines) is 1. The normalized spacial score (nSPS) is 13.3. The highest BCUT2D eigenvalue weighted by Crippen LogP contribution is 2.22. The minimum absolute atomic E-state index is 0.0101. The fraction of sp³-hybridized carbons (Fsp3) is 0.261. The second-order valence-corrected chi connectivity index (χ2v) is 7.72. The first kappa shape index (κ1) is 20.9. The lowest BCUT2D eigenvalue weighted by molar-refractivity contribution is -0.132. The van der Waals surface area contributed by atoms with Gasteiger partial charge in [-0.3, -0.25) is 9.59 Å². The summed E-state index contributed by atoms with van der Waals surface area (Å²) in [5, 5.41) is 3.44. The lowest BCUT2D eigenvalue weighted by atomic mass is 10.2. The molecule has 2 heterocycles. The summed E-state index contributed by atoms with van der Waals surface area (Å²) in [7, 11) is 0. The molecule has 160 valence electrons. The van der Waals surface area contributed by atoms with E-state index in [1.165, 1.54) is 6.26 Å². The summed E-state index contributed by atoms with van der Waals surface area (Å²) >= 11 is 5.89. The number of carbonyl (C=O) groups is 2. The van der Waals surface area contributed by atoms with Gasteiger partial charge in [-0.2, -0.15) is 0 Å². The Morgan fingerprint density at radius 1 is 1.13 bits per heavy atom. The van der Waals surface area contributed by atoms with Crippen molar-refractivity contribution in [3.05, 3.63) is 65.5 Å². The van der Waals surface area contributed by atoms with E-state index in [0.717, 1.165) is 31.5 Å². The first-order valence-corrected chi connectivity index (χ1v) is 10.5. The van der Waals surface area contributed by atoms with Crippen molar-refractivity contribution < 1.29 is 18.7 Å². The van der Waals surface area contributed by atoms with Crippen molar-refractivity contribution in [1.82, 2.24) is 9.88 Å². The molecule has 2 aromatic carbocycles. The molecule has 0 atom stereocenters. The van der Waals surface area contributed by atoms with E-state index in [1.807, 2.05) is 4.90 Å². The van der Waals surface area contributed by atoms with Crippen molar-refractivity contribution >= 4 is 29.1 Å². The third-order valence-electron chi connectivity index (χ3n) is 4.92. The van der Waals surface area contributed by atoms with E-state index >= 15 is 0 Å². The van der Waals surface area contributed by atoms with Gasteiger partial charge in [0.1, 0.15) is 12.0 Å². The molecule has 2 amide bonds. The molecule has 0 spiro atoms. The van der Waals surface area contributed by atoms with Gasteiger partial charge in [0.2, 0.25) is 11.8 Å². The summed E-state index contributed by atoms with van der Waals surface area (Å²) < 4.78 is 11.1. The molecule has 1 aliphatic heterocycles. The Hall–Kier alpha value is -3.32. The van der Waals surface area contributed by atoms with Crippen LogP contribution in [0.25, 0.3) is 11.5 Å². The van der Waals surface area contributed by atoms with Gasteiger partial charge in [0.05, 0.1) is 12.1 Å². The summed E-state index contributed by atoms with van der Waals surface area (Å²) in [6, 6.07) is 14.1. The van der Waals surface area contributed by atoms with Crippen LogP contribution in [0.1, 0.15) is 18.5 Å². The van der Waals surface area contributed by atoms with Crippen LogP contribution < -0.4 is 10.1 Å². The molecule has 1 fully saturated rings. The zero-order valence-electron chi connectivity index (χ0n) is 16.8. The number of aromatic nitrogens is 1. The number of oxazole rings is 1. The Morgan fingerprint density at radius 3 is 2.68 bits per heavy atom. The SMILES string of the molecule is O=C(Cc1coc(-c2ccc(Cl)cc2)n1)Nc1cccc(OCC(=O)N2CCCC2)c1. The molecule has 1 saturated heterocycles. The Balaban J connectivity index is 1.31. The third-order valence-corrected chi connectivity index (χ3v) is 5.18. The van der Waals surface area contributed by atoms with Crippen molar-refractivity contribution in [3.8, 4) is 17.2 Å². The molecule has 1 aromatic heterocycles. The molecule has 0 bridgehead atoms. The number of carbonyl (C=O) groups excluding carboxylic acids is 2. The number of nitrogens with zero attached hydrogens (tertiary/aromatic N) is 2. The maximum absolute atomic E-state index is 12.4. The van der Waals surface area contributed by atoms with E-state index in [-0.39, 0.29) is 24.8 Å². The number of nitrogens with one attached hydrogen (secondary N) is 1. The van der Waals surface area contributed by atoms with Crippen LogP contribution in [0.3, 0.4) is 0 Å². The zero-order valence-corrected chi connectivity index (χ0v) is 17.6. The van der Waals surface area contributed by atoms with Gasteiger partial charge >= 0.3 is 0 Å². The molecule has 0 saturated carbocycles. The largest absolute Gasteiger partial charge is 0.484 e. The third kappa shape index (κ3) is 5.64. The van der Waals surface area contributed by atoms with Gasteiger partial charge < -0.3 is 19.4 Å². The van der Waals surface area contributed by atoms with Gasteiger partial charge in [0, 0.05) is 35.4 Å². The Kier molecular flexibility index (Phi) is 6.52. The molecule has 0 unspecified atom stereocenters. The van der Waals surface area contributed by atoms with Crippen molar-refractivity contribution in [2.24, 2.45) is 0 Å². The van der Waals surface area contributed by atoms with Crippen LogP contribution in [-0.2, 0) is 16.0 Å². The average molecular weight is 440 g/mol. The maximum atomic E-state index is 12.4. The van der Waals surface area contributed by atoms with Gasteiger partial charge in [-0.25, -0.2) is 4.98 Å². The minimum atomic E-state index is -0.235. The summed E-state index contributed by atoms with van der Waals surface area (Å²) in [4.78, 5) is 30.7. The molecular formula is C23H22ClN3O4. The van der Waals surface area contributed by atoms with Gasteiger partial charge in [-0.15, -0.1) is 0 Å². The van der Waals surface area contributed by atoms with Gasteiger partial charge in [-0.1, -0.05) is 17.7 Å². The van der Waals surface area contributed by atoms with Crippen molar-refractivity contribution in [1.29, 1.82) is 0 Å². The zero-order chi connectivity index (χ0) is 21.6. The average Bonchev–Trinajstić information content (AvgIpc) is 3.45. The molecule has 1 N–H and O–H groups in total. The Bertz CT molecular complexity index is 1060. The van der Waals surface area contributed by atoms with Gasteiger partial charge in [0.15, 0.2) is 6.61 Å². The van der Waals surface area contributed by atoms with Crippen molar-refractivity contribution in [2.75, 3.05) is 25.0 Å². The van der Waals surface area contributed by atoms with Crippen LogP contribution >= 0.6 is 11.6 Å². The van der Waals surface area contributed by atoms with Crippen LogP contribution in [0.4, 0.5) is 5.69 Å². The van der Waals surface area contributed by atoms with Crippen molar-refractivity contribution in [2.45, 2.75) is 19.3 Å². The first-order valence-electron chi connectivity index (χ1n) is 10.1. The number of benzene rings is 2. The molecule has 0 radical (unpaired) electrons. The monoisotopic (exact) mass is 439 g/mol. The fourth-order valence-electron chi connectivity index (χ4n) is 3.35. The van der Waals surface area contributed by atoms with Crippen LogP contribution in [0, 0.1) is 0 Å². The lowest BCUT2D eigenvalue weighted by Gasteiger charge is -2.15. The predicted octanol–water partition coefficient (Wildman–Crippen LogP) is 4.18. The molecule has 1 aliphatic rings. The molecule has 7 nitrogen and oxygen atoms in total. The number of ether oxygens (including phenoxy) is 1. The van der Waals surface area contributed by atoms with Crippen LogP contribution in [0.5, 0.6) is 5.75 Å². The van der Waals surface area contributed by atoms with Gasteiger partial charge in [-0.05, 0) is 49.2 Å². The molecule has 3 aromatic rings. The molecule has 4 rings (SSSR count). The van der Waals surface area contributed by atoms with E-state index in [1.54, 1.807) is 48.5 Å².